The Morgan fingerprint density at radius 1 is 1.12 bits per heavy atom. The zero-order valence-electron chi connectivity index (χ0n) is 9.86. The monoisotopic (exact) mass is 388 g/mol. The Labute approximate surface area is 129 Å². The van der Waals surface area contributed by atoms with Crippen molar-refractivity contribution in [1.29, 1.82) is 0 Å². The molecule has 1 fully saturated rings. The summed E-state index contributed by atoms with van der Waals surface area (Å²) in [6.07, 6.45) is 0. The van der Waals surface area contributed by atoms with Gasteiger partial charge in [0.25, 0.3) is 0 Å². The van der Waals surface area contributed by atoms with Crippen LogP contribution in [0, 0.1) is 3.57 Å². The van der Waals surface area contributed by atoms with E-state index >= 15 is 0 Å². The van der Waals surface area contributed by atoms with E-state index < -0.39 is 0 Å². The molecule has 98 valence electrons. The van der Waals surface area contributed by atoms with Gasteiger partial charge in [0.15, 0.2) is 0 Å². The maximum atomic E-state index is 3.39. The number of nitrogens with zero attached hydrogens (tertiary/aromatic N) is 1. The van der Waals surface area contributed by atoms with Crippen LogP contribution < -0.4 is 5.32 Å². The van der Waals surface area contributed by atoms with E-state index in [1.165, 1.54) is 9.13 Å². The van der Waals surface area contributed by atoms with E-state index in [1.54, 1.807) is 0 Å². The van der Waals surface area contributed by atoms with Gasteiger partial charge in [-0.25, -0.2) is 0 Å². The van der Waals surface area contributed by atoms with Crippen molar-refractivity contribution in [3.8, 4) is 0 Å². The Bertz CT molecular complexity index is 313. The summed E-state index contributed by atoms with van der Waals surface area (Å²) in [4.78, 5) is 2.54. The van der Waals surface area contributed by atoms with Crippen molar-refractivity contribution in [1.82, 2.24) is 10.2 Å². The molecule has 1 aliphatic rings. The van der Waals surface area contributed by atoms with Gasteiger partial charge in [-0.3, -0.25) is 4.90 Å². The first-order valence-corrected chi connectivity index (χ1v) is 6.55. The van der Waals surface area contributed by atoms with Gasteiger partial charge in [-0.2, -0.15) is 0 Å². The first kappa shape index (κ1) is 17.4. The molecule has 0 aliphatic carbocycles. The molecule has 0 bridgehead atoms. The smallest absolute Gasteiger partial charge is 0.0320 e. The molecule has 1 atom stereocenters. The second kappa shape index (κ2) is 8.53. The Hall–Kier alpha value is 0.450. The maximum Gasteiger partial charge on any atom is 0.0320 e. The SMILES string of the molecule is C[C@H](c1ccc(I)cc1)N1CCNCC1.Cl.Cl. The van der Waals surface area contributed by atoms with Crippen molar-refractivity contribution in [3.05, 3.63) is 33.4 Å². The fourth-order valence-electron chi connectivity index (χ4n) is 2.02. The van der Waals surface area contributed by atoms with Crippen LogP contribution in [0.1, 0.15) is 18.5 Å². The Kier molecular flexibility index (Phi) is 8.76. The third-order valence-electron chi connectivity index (χ3n) is 3.05. The van der Waals surface area contributed by atoms with Gasteiger partial charge in [-0.1, -0.05) is 12.1 Å². The van der Waals surface area contributed by atoms with Crippen molar-refractivity contribution in [2.24, 2.45) is 0 Å². The Morgan fingerprint density at radius 3 is 2.18 bits per heavy atom. The van der Waals surface area contributed by atoms with Gasteiger partial charge in [0.05, 0.1) is 0 Å². The molecule has 0 saturated carbocycles. The lowest BCUT2D eigenvalue weighted by molar-refractivity contribution is 0.185. The molecule has 1 N–H and O–H groups in total. The summed E-state index contributed by atoms with van der Waals surface area (Å²) >= 11 is 2.35. The van der Waals surface area contributed by atoms with Crippen LogP contribution in [-0.4, -0.2) is 31.1 Å². The van der Waals surface area contributed by atoms with E-state index in [4.69, 9.17) is 0 Å². The molecule has 17 heavy (non-hydrogen) atoms. The molecule has 0 aromatic heterocycles. The van der Waals surface area contributed by atoms with E-state index in [0.717, 1.165) is 26.2 Å². The number of hydrogen-bond acceptors (Lipinski definition) is 2. The summed E-state index contributed by atoms with van der Waals surface area (Å²) < 4.78 is 1.31. The second-order valence-electron chi connectivity index (χ2n) is 4.01. The minimum atomic E-state index is 0. The lowest BCUT2D eigenvalue weighted by Crippen LogP contribution is -2.44. The fourth-order valence-corrected chi connectivity index (χ4v) is 2.38. The number of piperazine rings is 1. The molecule has 2 nitrogen and oxygen atoms in total. The van der Waals surface area contributed by atoms with Gasteiger partial charge in [-0.15, -0.1) is 24.8 Å². The minimum absolute atomic E-state index is 0. The molecular formula is C12H19Cl2IN2. The topological polar surface area (TPSA) is 15.3 Å². The van der Waals surface area contributed by atoms with Gasteiger partial charge >= 0.3 is 0 Å². The lowest BCUT2D eigenvalue weighted by atomic mass is 10.1. The van der Waals surface area contributed by atoms with Crippen molar-refractivity contribution in [2.45, 2.75) is 13.0 Å². The molecular weight excluding hydrogens is 370 g/mol. The van der Waals surface area contributed by atoms with Crippen molar-refractivity contribution >= 4 is 47.4 Å². The van der Waals surface area contributed by atoms with E-state index in [0.29, 0.717) is 6.04 Å². The highest BCUT2D eigenvalue weighted by molar-refractivity contribution is 14.1. The normalized spacial score (nSPS) is 17.8. The predicted octanol–water partition coefficient (Wildman–Crippen LogP) is 3.10. The maximum absolute atomic E-state index is 3.39. The van der Waals surface area contributed by atoms with E-state index in [-0.39, 0.29) is 24.8 Å². The lowest BCUT2D eigenvalue weighted by Gasteiger charge is -2.33. The van der Waals surface area contributed by atoms with Crippen molar-refractivity contribution < 1.29 is 0 Å². The van der Waals surface area contributed by atoms with Gasteiger partial charge in [0.2, 0.25) is 0 Å². The Balaban J connectivity index is 0.00000128. The highest BCUT2D eigenvalue weighted by atomic mass is 127. The minimum Gasteiger partial charge on any atom is -0.314 e. The molecule has 1 aromatic rings. The second-order valence-corrected chi connectivity index (χ2v) is 5.26. The zero-order valence-corrected chi connectivity index (χ0v) is 13.6. The number of rotatable bonds is 2. The molecule has 0 unspecified atom stereocenters. The first-order chi connectivity index (χ1) is 7.27. The summed E-state index contributed by atoms with van der Waals surface area (Å²) in [7, 11) is 0. The molecule has 1 aliphatic heterocycles. The van der Waals surface area contributed by atoms with Gasteiger partial charge in [0.1, 0.15) is 0 Å². The van der Waals surface area contributed by atoms with Crippen LogP contribution in [0.15, 0.2) is 24.3 Å². The third kappa shape index (κ3) is 4.91. The van der Waals surface area contributed by atoms with Crippen LogP contribution in [-0.2, 0) is 0 Å². The van der Waals surface area contributed by atoms with Gasteiger partial charge in [-0.05, 0) is 47.2 Å². The largest absolute Gasteiger partial charge is 0.314 e. The highest BCUT2D eigenvalue weighted by Gasteiger charge is 2.17. The molecule has 1 saturated heterocycles. The van der Waals surface area contributed by atoms with Crippen LogP contribution in [0.3, 0.4) is 0 Å². The molecule has 1 heterocycles. The number of halogens is 3. The predicted molar refractivity (Wildman–Crippen MR) is 86.5 cm³/mol. The average molecular weight is 389 g/mol. The summed E-state index contributed by atoms with van der Waals surface area (Å²) in [5, 5.41) is 3.39. The van der Waals surface area contributed by atoms with Crippen molar-refractivity contribution in [3.63, 3.8) is 0 Å². The van der Waals surface area contributed by atoms with E-state index in [2.05, 4.69) is 64.0 Å². The third-order valence-corrected chi connectivity index (χ3v) is 3.77. The van der Waals surface area contributed by atoms with Crippen LogP contribution >= 0.6 is 47.4 Å². The zero-order chi connectivity index (χ0) is 10.7. The van der Waals surface area contributed by atoms with Crippen LogP contribution in [0.2, 0.25) is 0 Å². The van der Waals surface area contributed by atoms with Crippen molar-refractivity contribution in [2.75, 3.05) is 26.2 Å². The van der Waals surface area contributed by atoms with Gasteiger partial charge < -0.3 is 5.32 Å². The van der Waals surface area contributed by atoms with Gasteiger partial charge in [0, 0.05) is 35.8 Å². The van der Waals surface area contributed by atoms with Crippen LogP contribution in [0.5, 0.6) is 0 Å². The summed E-state index contributed by atoms with van der Waals surface area (Å²) in [6.45, 7) is 6.86. The van der Waals surface area contributed by atoms with E-state index in [1.807, 2.05) is 0 Å². The van der Waals surface area contributed by atoms with E-state index in [9.17, 15) is 0 Å². The molecule has 2 rings (SSSR count). The first-order valence-electron chi connectivity index (χ1n) is 5.47. The molecule has 0 radical (unpaired) electrons. The molecule has 1 aromatic carbocycles. The summed E-state index contributed by atoms with van der Waals surface area (Å²) in [5.74, 6) is 0. The van der Waals surface area contributed by atoms with Crippen LogP contribution in [0.25, 0.3) is 0 Å². The Morgan fingerprint density at radius 2 is 1.65 bits per heavy atom. The summed E-state index contributed by atoms with van der Waals surface area (Å²) in [5.41, 5.74) is 1.43. The molecule has 0 amide bonds. The average Bonchev–Trinajstić information content (AvgIpc) is 2.30. The number of hydrogen-bond donors (Lipinski definition) is 1. The van der Waals surface area contributed by atoms with Crippen LogP contribution in [0.4, 0.5) is 0 Å². The molecule has 5 heteroatoms. The molecule has 0 spiro atoms. The number of benzene rings is 1. The summed E-state index contributed by atoms with van der Waals surface area (Å²) in [6, 6.07) is 9.41. The number of nitrogens with one attached hydrogen (secondary N) is 1. The standard InChI is InChI=1S/C12H17IN2.2ClH/c1-10(15-8-6-14-7-9-15)11-2-4-12(13)5-3-11;;/h2-5,10,14H,6-9H2,1H3;2*1H/t10-;;/m1../s1. The highest BCUT2D eigenvalue weighted by Crippen LogP contribution is 2.21. The fraction of sp³-hybridized carbons (Fsp3) is 0.500. The quantitative estimate of drug-likeness (QED) is 0.783.